The number of esters is 1. The second kappa shape index (κ2) is 3.69. The summed E-state index contributed by atoms with van der Waals surface area (Å²) < 4.78 is 5.29. The van der Waals surface area contributed by atoms with Crippen molar-refractivity contribution >= 4 is 5.97 Å². The molecular formula is C11H20O2. The molecule has 0 aromatic rings. The maximum absolute atomic E-state index is 11.0. The molecule has 0 spiro atoms. The largest absolute Gasteiger partial charge is 0.462 e. The Morgan fingerprint density at radius 1 is 1.54 bits per heavy atom. The van der Waals surface area contributed by atoms with Crippen LogP contribution in [0.2, 0.25) is 0 Å². The zero-order valence-electron chi connectivity index (χ0n) is 9.09. The number of cyclic esters (lactones) is 1. The first-order chi connectivity index (χ1) is 5.92. The second-order valence-electron chi connectivity index (χ2n) is 5.10. The van der Waals surface area contributed by atoms with E-state index in [2.05, 4.69) is 27.7 Å². The van der Waals surface area contributed by atoms with E-state index < -0.39 is 0 Å². The second-order valence-corrected chi connectivity index (χ2v) is 5.10. The monoisotopic (exact) mass is 184 g/mol. The van der Waals surface area contributed by atoms with Gasteiger partial charge in [-0.25, -0.2) is 0 Å². The van der Waals surface area contributed by atoms with Crippen LogP contribution < -0.4 is 0 Å². The highest BCUT2D eigenvalue weighted by atomic mass is 16.5. The Kier molecular flexibility index (Phi) is 2.99. The van der Waals surface area contributed by atoms with Crippen LogP contribution in [0.3, 0.4) is 0 Å². The van der Waals surface area contributed by atoms with Crippen molar-refractivity contribution in [3.05, 3.63) is 0 Å². The predicted octanol–water partition coefficient (Wildman–Crippen LogP) is 2.76. The van der Waals surface area contributed by atoms with E-state index in [1.165, 1.54) is 0 Å². The zero-order valence-corrected chi connectivity index (χ0v) is 9.09. The molecule has 0 aromatic carbocycles. The van der Waals surface area contributed by atoms with Crippen LogP contribution in [0.5, 0.6) is 0 Å². The number of rotatable bonds is 3. The molecule has 2 nitrogen and oxygen atoms in total. The third kappa shape index (κ3) is 2.71. The number of hydrogen-bond acceptors (Lipinski definition) is 2. The average Bonchev–Trinajstić information content (AvgIpc) is 2.32. The van der Waals surface area contributed by atoms with Crippen molar-refractivity contribution in [2.24, 2.45) is 11.3 Å². The normalized spacial score (nSPS) is 23.8. The molecule has 0 radical (unpaired) electrons. The molecule has 2 heteroatoms. The average molecular weight is 184 g/mol. The van der Waals surface area contributed by atoms with Gasteiger partial charge in [0.2, 0.25) is 0 Å². The Hall–Kier alpha value is -0.530. The lowest BCUT2D eigenvalue weighted by molar-refractivity contribution is -0.145. The molecule has 0 bridgehead atoms. The highest BCUT2D eigenvalue weighted by molar-refractivity contribution is 5.71. The minimum absolute atomic E-state index is 0.0261. The quantitative estimate of drug-likeness (QED) is 0.630. The summed E-state index contributed by atoms with van der Waals surface area (Å²) in [6.07, 6.45) is 2.76. The van der Waals surface area contributed by atoms with Gasteiger partial charge in [-0.05, 0) is 18.8 Å². The van der Waals surface area contributed by atoms with Gasteiger partial charge in [0.25, 0.3) is 0 Å². The molecule has 1 unspecified atom stereocenters. The number of carbonyl (C=O) groups is 1. The van der Waals surface area contributed by atoms with Gasteiger partial charge in [0, 0.05) is 11.8 Å². The Morgan fingerprint density at radius 3 is 2.54 bits per heavy atom. The van der Waals surface area contributed by atoms with Gasteiger partial charge < -0.3 is 4.74 Å². The van der Waals surface area contributed by atoms with Gasteiger partial charge in [-0.1, -0.05) is 27.7 Å². The molecule has 1 rings (SSSR count). The van der Waals surface area contributed by atoms with Crippen molar-refractivity contribution in [1.82, 2.24) is 0 Å². The fraction of sp³-hybridized carbons (Fsp3) is 0.909. The molecule has 0 N–H and O–H groups in total. The Balaban J connectivity index is 2.53. The van der Waals surface area contributed by atoms with E-state index >= 15 is 0 Å². The fourth-order valence-electron chi connectivity index (χ4n) is 2.26. The van der Waals surface area contributed by atoms with E-state index in [0.29, 0.717) is 12.3 Å². The van der Waals surface area contributed by atoms with Crippen molar-refractivity contribution in [3.63, 3.8) is 0 Å². The molecule has 1 atom stereocenters. The van der Waals surface area contributed by atoms with Gasteiger partial charge >= 0.3 is 5.97 Å². The summed E-state index contributed by atoms with van der Waals surface area (Å²) in [5, 5.41) is 0. The number of ether oxygens (including phenoxy) is 1. The Morgan fingerprint density at radius 2 is 2.15 bits per heavy atom. The van der Waals surface area contributed by atoms with Crippen molar-refractivity contribution in [2.75, 3.05) is 0 Å². The summed E-state index contributed by atoms with van der Waals surface area (Å²) in [4.78, 5) is 11.0. The molecule has 0 saturated carbocycles. The van der Waals surface area contributed by atoms with Crippen LogP contribution in [0.15, 0.2) is 0 Å². The summed E-state index contributed by atoms with van der Waals surface area (Å²) in [7, 11) is 0. The minimum Gasteiger partial charge on any atom is -0.462 e. The van der Waals surface area contributed by atoms with E-state index in [4.69, 9.17) is 4.74 Å². The van der Waals surface area contributed by atoms with Gasteiger partial charge in [0.05, 0.1) is 0 Å². The molecule has 1 fully saturated rings. The summed E-state index contributed by atoms with van der Waals surface area (Å²) in [6.45, 7) is 8.80. The van der Waals surface area contributed by atoms with Gasteiger partial charge in [0.1, 0.15) is 6.10 Å². The van der Waals surface area contributed by atoms with Crippen LogP contribution in [0.4, 0.5) is 0 Å². The molecule has 1 heterocycles. The summed E-state index contributed by atoms with van der Waals surface area (Å²) >= 11 is 0. The molecule has 76 valence electrons. The Labute approximate surface area is 80.7 Å². The first-order valence-corrected chi connectivity index (χ1v) is 5.11. The maximum atomic E-state index is 11.0. The van der Waals surface area contributed by atoms with E-state index in [-0.39, 0.29) is 17.5 Å². The van der Waals surface area contributed by atoms with Crippen LogP contribution in [0.1, 0.15) is 47.0 Å². The summed E-state index contributed by atoms with van der Waals surface area (Å²) in [5.41, 5.74) is 0.139. The third-order valence-corrected chi connectivity index (χ3v) is 2.69. The van der Waals surface area contributed by atoms with E-state index in [9.17, 15) is 4.79 Å². The van der Waals surface area contributed by atoms with Crippen LogP contribution in [-0.4, -0.2) is 12.1 Å². The molecule has 0 aromatic heterocycles. The van der Waals surface area contributed by atoms with Crippen molar-refractivity contribution in [3.8, 4) is 0 Å². The molecule has 13 heavy (non-hydrogen) atoms. The summed E-state index contributed by atoms with van der Waals surface area (Å²) in [6, 6.07) is 0. The van der Waals surface area contributed by atoms with E-state index in [1.807, 2.05) is 0 Å². The van der Waals surface area contributed by atoms with Crippen LogP contribution >= 0.6 is 0 Å². The molecule has 1 saturated heterocycles. The predicted molar refractivity (Wildman–Crippen MR) is 52.4 cm³/mol. The Bertz CT molecular complexity index is 194. The SMILES string of the molecule is CC(C)CC(C)(C)C1CCC(=O)O1. The zero-order chi connectivity index (χ0) is 10.1. The minimum atomic E-state index is -0.0261. The highest BCUT2D eigenvalue weighted by Gasteiger charge is 2.37. The van der Waals surface area contributed by atoms with Crippen molar-refractivity contribution in [1.29, 1.82) is 0 Å². The van der Waals surface area contributed by atoms with Gasteiger partial charge in [-0.2, -0.15) is 0 Å². The lowest BCUT2D eigenvalue weighted by Gasteiger charge is -2.31. The molecule has 1 aliphatic rings. The highest BCUT2D eigenvalue weighted by Crippen LogP contribution is 2.36. The van der Waals surface area contributed by atoms with Crippen LogP contribution in [0, 0.1) is 11.3 Å². The first-order valence-electron chi connectivity index (χ1n) is 5.11. The first kappa shape index (κ1) is 10.6. The van der Waals surface area contributed by atoms with Gasteiger partial charge in [0.15, 0.2) is 0 Å². The van der Waals surface area contributed by atoms with Crippen molar-refractivity contribution in [2.45, 2.75) is 53.1 Å². The fourth-order valence-corrected chi connectivity index (χ4v) is 2.26. The molecule has 1 aliphatic heterocycles. The maximum Gasteiger partial charge on any atom is 0.306 e. The molecule has 0 amide bonds. The van der Waals surface area contributed by atoms with Gasteiger partial charge in [-0.15, -0.1) is 0 Å². The van der Waals surface area contributed by atoms with Crippen LogP contribution in [0.25, 0.3) is 0 Å². The standard InChI is InChI=1S/C11H20O2/c1-8(2)7-11(3,4)9-5-6-10(12)13-9/h8-9H,5-7H2,1-4H3. The van der Waals surface area contributed by atoms with E-state index in [1.54, 1.807) is 0 Å². The van der Waals surface area contributed by atoms with Gasteiger partial charge in [-0.3, -0.25) is 4.79 Å². The lowest BCUT2D eigenvalue weighted by atomic mass is 9.78. The van der Waals surface area contributed by atoms with E-state index in [0.717, 1.165) is 12.8 Å². The van der Waals surface area contributed by atoms with Crippen molar-refractivity contribution < 1.29 is 9.53 Å². The smallest absolute Gasteiger partial charge is 0.306 e. The van der Waals surface area contributed by atoms with Crippen LogP contribution in [-0.2, 0) is 9.53 Å². The molecule has 0 aliphatic carbocycles. The third-order valence-electron chi connectivity index (χ3n) is 2.69. The lowest BCUT2D eigenvalue weighted by Crippen LogP contribution is -2.30. The molecular weight excluding hydrogens is 164 g/mol. The summed E-state index contributed by atoms with van der Waals surface area (Å²) in [5.74, 6) is 0.635. The number of carbonyl (C=O) groups excluding carboxylic acids is 1. The topological polar surface area (TPSA) is 26.3 Å². The number of hydrogen-bond donors (Lipinski definition) is 0.